The first-order valence-electron chi connectivity index (χ1n) is 9.98. The summed E-state index contributed by atoms with van der Waals surface area (Å²) >= 11 is 0. The number of hydrogen-bond acceptors (Lipinski definition) is 6. The van der Waals surface area contributed by atoms with E-state index in [4.69, 9.17) is 15.8 Å². The Labute approximate surface area is 179 Å². The Bertz CT molecular complexity index is 1360. The minimum atomic E-state index is 0.542. The Morgan fingerprint density at radius 1 is 1.00 bits per heavy atom. The van der Waals surface area contributed by atoms with Gasteiger partial charge in [-0.2, -0.15) is 0 Å². The van der Waals surface area contributed by atoms with Gasteiger partial charge in [0, 0.05) is 41.6 Å². The third-order valence-corrected chi connectivity index (χ3v) is 5.00. The molecule has 0 saturated heterocycles. The lowest BCUT2D eigenvalue weighted by Gasteiger charge is -2.12. The largest absolute Gasteiger partial charge is 0.399 e. The molecule has 0 aliphatic rings. The molecule has 0 atom stereocenters. The summed E-state index contributed by atoms with van der Waals surface area (Å²) in [4.78, 5) is 13.6. The molecule has 4 heterocycles. The second kappa shape index (κ2) is 7.87. The Kier molecular flexibility index (Phi) is 4.76. The highest BCUT2D eigenvalue weighted by Gasteiger charge is 2.16. The van der Waals surface area contributed by atoms with Crippen LogP contribution >= 0.6 is 0 Å². The molecule has 7 heteroatoms. The maximum absolute atomic E-state index is 6.03. The van der Waals surface area contributed by atoms with Crippen molar-refractivity contribution in [3.63, 3.8) is 0 Å². The van der Waals surface area contributed by atoms with Crippen LogP contribution in [0.2, 0.25) is 0 Å². The Hall–Kier alpha value is -4.26. The number of hydrogen-bond donors (Lipinski definition) is 2. The van der Waals surface area contributed by atoms with Crippen molar-refractivity contribution >= 4 is 17.0 Å². The summed E-state index contributed by atoms with van der Waals surface area (Å²) in [6.07, 6.45) is 7.31. The van der Waals surface area contributed by atoms with Crippen LogP contribution in [0.25, 0.3) is 28.0 Å². The second-order valence-electron chi connectivity index (χ2n) is 7.36. The molecule has 0 aliphatic carbocycles. The van der Waals surface area contributed by atoms with Gasteiger partial charge in [-0.05, 0) is 54.4 Å². The highest BCUT2D eigenvalue weighted by atomic mass is 15.3. The van der Waals surface area contributed by atoms with E-state index in [1.54, 1.807) is 12.4 Å². The summed E-state index contributed by atoms with van der Waals surface area (Å²) in [5, 5.41) is 8.20. The highest BCUT2D eigenvalue weighted by molar-refractivity contribution is 5.89. The molecule has 152 valence electrons. The highest BCUT2D eigenvalue weighted by Crippen LogP contribution is 2.32. The predicted molar refractivity (Wildman–Crippen MR) is 122 cm³/mol. The van der Waals surface area contributed by atoms with Crippen LogP contribution in [-0.2, 0) is 6.54 Å². The van der Waals surface area contributed by atoms with Gasteiger partial charge >= 0.3 is 0 Å². The van der Waals surface area contributed by atoms with Crippen molar-refractivity contribution in [2.75, 3.05) is 11.1 Å². The molecule has 0 aliphatic heterocycles. The zero-order valence-electron chi connectivity index (χ0n) is 17.0. The molecule has 7 nitrogen and oxygen atoms in total. The number of pyridine rings is 2. The summed E-state index contributed by atoms with van der Waals surface area (Å²) in [5.74, 6) is 1.32. The minimum Gasteiger partial charge on any atom is -0.399 e. The van der Waals surface area contributed by atoms with Crippen LogP contribution in [0.1, 0.15) is 11.3 Å². The van der Waals surface area contributed by atoms with Crippen LogP contribution in [-0.4, -0.2) is 24.6 Å². The lowest BCUT2D eigenvalue weighted by Crippen LogP contribution is -2.08. The molecule has 5 aromatic rings. The van der Waals surface area contributed by atoms with Crippen LogP contribution < -0.4 is 11.1 Å². The number of nitrogen functional groups attached to an aromatic ring is 1. The van der Waals surface area contributed by atoms with E-state index in [-0.39, 0.29) is 0 Å². The number of aromatic nitrogens is 5. The number of fused-ring (bicyclic) bond motifs is 1. The predicted octanol–water partition coefficient (Wildman–Crippen LogP) is 4.36. The van der Waals surface area contributed by atoms with Crippen LogP contribution in [0.15, 0.2) is 79.4 Å². The van der Waals surface area contributed by atoms with E-state index in [1.165, 1.54) is 0 Å². The summed E-state index contributed by atoms with van der Waals surface area (Å²) in [6, 6.07) is 17.7. The quantitative estimate of drug-likeness (QED) is 0.421. The van der Waals surface area contributed by atoms with Crippen molar-refractivity contribution in [2.45, 2.75) is 13.5 Å². The molecule has 0 spiro atoms. The fourth-order valence-corrected chi connectivity index (χ4v) is 3.56. The van der Waals surface area contributed by atoms with Crippen molar-refractivity contribution in [1.29, 1.82) is 0 Å². The van der Waals surface area contributed by atoms with E-state index in [1.807, 2.05) is 78.4 Å². The summed E-state index contributed by atoms with van der Waals surface area (Å²) in [5.41, 5.74) is 12.5. The summed E-state index contributed by atoms with van der Waals surface area (Å²) in [6.45, 7) is 2.55. The van der Waals surface area contributed by atoms with Crippen molar-refractivity contribution in [1.82, 2.24) is 24.6 Å². The fourth-order valence-electron chi connectivity index (χ4n) is 3.56. The van der Waals surface area contributed by atoms with E-state index in [0.717, 1.165) is 39.3 Å². The van der Waals surface area contributed by atoms with Crippen molar-refractivity contribution in [2.24, 2.45) is 0 Å². The van der Waals surface area contributed by atoms with Gasteiger partial charge < -0.3 is 11.1 Å². The maximum Gasteiger partial charge on any atom is 0.183 e. The Morgan fingerprint density at radius 3 is 2.74 bits per heavy atom. The molecule has 31 heavy (non-hydrogen) atoms. The average Bonchev–Trinajstić information content (AvgIpc) is 3.22. The molecule has 4 aromatic heterocycles. The standard InChI is InChI=1S/C24H21N7/c1-16-11-18(14-26-13-16)23-29-24(28-15-20-7-2-3-9-27-20)22-21(8-10-31(22)30-23)17-5-4-6-19(25)12-17/h2-14H,15,25H2,1H3,(H,28,29,30). The smallest absolute Gasteiger partial charge is 0.183 e. The molecule has 0 fully saturated rings. The Balaban J connectivity index is 1.65. The van der Waals surface area contributed by atoms with Gasteiger partial charge in [-0.1, -0.05) is 18.2 Å². The molecule has 0 amide bonds. The van der Waals surface area contributed by atoms with Gasteiger partial charge in [0.1, 0.15) is 5.52 Å². The van der Waals surface area contributed by atoms with Crippen molar-refractivity contribution in [3.8, 4) is 22.5 Å². The van der Waals surface area contributed by atoms with Gasteiger partial charge in [0.15, 0.2) is 11.6 Å². The van der Waals surface area contributed by atoms with Gasteiger partial charge in [-0.25, -0.2) is 9.50 Å². The minimum absolute atomic E-state index is 0.542. The van der Waals surface area contributed by atoms with E-state index < -0.39 is 0 Å². The maximum atomic E-state index is 6.03. The molecular formula is C24H21N7. The second-order valence-corrected chi connectivity index (χ2v) is 7.36. The third kappa shape index (κ3) is 3.81. The topological polar surface area (TPSA) is 94.0 Å². The number of nitrogens with zero attached hydrogens (tertiary/aromatic N) is 5. The van der Waals surface area contributed by atoms with Crippen LogP contribution in [0.5, 0.6) is 0 Å². The first-order chi connectivity index (χ1) is 15.2. The van der Waals surface area contributed by atoms with Crippen molar-refractivity contribution < 1.29 is 0 Å². The summed E-state index contributed by atoms with van der Waals surface area (Å²) < 4.78 is 1.85. The Morgan fingerprint density at radius 2 is 1.94 bits per heavy atom. The van der Waals surface area contributed by atoms with Crippen LogP contribution in [0.4, 0.5) is 11.5 Å². The van der Waals surface area contributed by atoms with E-state index in [9.17, 15) is 0 Å². The van der Waals surface area contributed by atoms with E-state index in [0.29, 0.717) is 18.1 Å². The number of rotatable bonds is 5. The monoisotopic (exact) mass is 407 g/mol. The summed E-state index contributed by atoms with van der Waals surface area (Å²) in [7, 11) is 0. The number of anilines is 2. The zero-order chi connectivity index (χ0) is 21.2. The normalized spacial score (nSPS) is 11.0. The molecule has 0 unspecified atom stereocenters. The molecule has 0 radical (unpaired) electrons. The molecule has 1 aromatic carbocycles. The third-order valence-electron chi connectivity index (χ3n) is 5.00. The lowest BCUT2D eigenvalue weighted by molar-refractivity contribution is 0.905. The van der Waals surface area contributed by atoms with Gasteiger partial charge in [0.25, 0.3) is 0 Å². The van der Waals surface area contributed by atoms with Crippen LogP contribution in [0.3, 0.4) is 0 Å². The molecule has 0 bridgehead atoms. The number of benzene rings is 1. The van der Waals surface area contributed by atoms with E-state index >= 15 is 0 Å². The van der Waals surface area contributed by atoms with Gasteiger partial charge in [-0.3, -0.25) is 9.97 Å². The number of nitrogens with two attached hydrogens (primary N) is 1. The lowest BCUT2D eigenvalue weighted by atomic mass is 10.1. The SMILES string of the molecule is Cc1cncc(-c2nc(NCc3ccccn3)c3c(-c4cccc(N)c4)ccn3n2)c1. The zero-order valence-corrected chi connectivity index (χ0v) is 17.0. The number of aryl methyl sites for hydroxylation is 1. The van der Waals surface area contributed by atoms with Gasteiger partial charge in [-0.15, -0.1) is 5.10 Å². The first kappa shape index (κ1) is 18.7. The molecule has 3 N–H and O–H groups in total. The van der Waals surface area contributed by atoms with E-state index in [2.05, 4.69) is 15.3 Å². The van der Waals surface area contributed by atoms with Crippen molar-refractivity contribution in [3.05, 3.63) is 90.6 Å². The average molecular weight is 407 g/mol. The molecule has 5 rings (SSSR count). The van der Waals surface area contributed by atoms with Gasteiger partial charge in [0.05, 0.1) is 12.2 Å². The fraction of sp³-hybridized carbons (Fsp3) is 0.0833. The first-order valence-corrected chi connectivity index (χ1v) is 9.98. The van der Waals surface area contributed by atoms with Crippen LogP contribution in [0, 0.1) is 6.92 Å². The molecular weight excluding hydrogens is 386 g/mol. The van der Waals surface area contributed by atoms with Gasteiger partial charge in [0.2, 0.25) is 0 Å². The number of nitrogens with one attached hydrogen (secondary N) is 1. The molecule has 0 saturated carbocycles.